The number of likely N-dealkylation sites (N-methyl/N-ethyl adjacent to an activating group) is 1. The monoisotopic (exact) mass is 439 g/mol. The Morgan fingerprint density at radius 1 is 1.09 bits per heavy atom. The van der Waals surface area contributed by atoms with Gasteiger partial charge in [0.05, 0.1) is 6.54 Å². The second-order valence-electron chi connectivity index (χ2n) is 6.12. The first-order valence-corrected chi connectivity index (χ1v) is 9.19. The van der Waals surface area contributed by atoms with Crippen molar-refractivity contribution in [3.05, 3.63) is 0 Å². The molecule has 1 heterocycles. The van der Waals surface area contributed by atoms with Crippen LogP contribution in [0.1, 0.15) is 47.0 Å². The van der Waals surface area contributed by atoms with E-state index in [0.717, 1.165) is 45.2 Å². The average molecular weight is 439 g/mol. The van der Waals surface area contributed by atoms with E-state index in [0.29, 0.717) is 6.04 Å². The van der Waals surface area contributed by atoms with E-state index >= 15 is 0 Å². The van der Waals surface area contributed by atoms with E-state index in [1.165, 1.54) is 32.4 Å². The van der Waals surface area contributed by atoms with E-state index in [1.807, 2.05) is 0 Å². The maximum Gasteiger partial charge on any atom is 0.191 e. The summed E-state index contributed by atoms with van der Waals surface area (Å²) in [6.07, 6.45) is 4.11. The Hall–Kier alpha value is -0.0800. The van der Waals surface area contributed by atoms with E-state index in [4.69, 9.17) is 4.99 Å². The van der Waals surface area contributed by atoms with Gasteiger partial charge in [0.1, 0.15) is 0 Å². The number of aliphatic imine (C=N–C) groups is 1. The molecule has 0 bridgehead atoms. The van der Waals surface area contributed by atoms with Gasteiger partial charge in [-0.05, 0) is 52.9 Å². The third-order valence-electron chi connectivity index (χ3n) is 4.46. The maximum atomic E-state index is 4.75. The first-order chi connectivity index (χ1) is 10.7. The highest BCUT2D eigenvalue weighted by Gasteiger charge is 2.11. The van der Waals surface area contributed by atoms with Gasteiger partial charge in [0.15, 0.2) is 5.96 Å². The van der Waals surface area contributed by atoms with Gasteiger partial charge in [-0.2, -0.15) is 0 Å². The Kier molecular flexibility index (Phi) is 14.2. The molecule has 0 aromatic rings. The summed E-state index contributed by atoms with van der Waals surface area (Å²) >= 11 is 0. The van der Waals surface area contributed by atoms with Crippen LogP contribution >= 0.6 is 24.0 Å². The summed E-state index contributed by atoms with van der Waals surface area (Å²) < 4.78 is 0. The molecular weight excluding hydrogens is 401 g/mol. The summed E-state index contributed by atoms with van der Waals surface area (Å²) in [5.74, 6) is 0.957. The zero-order valence-corrected chi connectivity index (χ0v) is 17.9. The van der Waals surface area contributed by atoms with Crippen LogP contribution in [-0.4, -0.2) is 74.2 Å². The summed E-state index contributed by atoms with van der Waals surface area (Å²) in [4.78, 5) is 9.75. The predicted octanol–water partition coefficient (Wildman–Crippen LogP) is 2.38. The van der Waals surface area contributed by atoms with Crippen molar-refractivity contribution in [3.63, 3.8) is 0 Å². The molecule has 2 N–H and O–H groups in total. The van der Waals surface area contributed by atoms with Gasteiger partial charge >= 0.3 is 0 Å². The van der Waals surface area contributed by atoms with Crippen molar-refractivity contribution < 1.29 is 0 Å². The van der Waals surface area contributed by atoms with Crippen molar-refractivity contribution in [2.75, 3.05) is 52.4 Å². The average Bonchev–Trinajstić information content (AvgIpc) is 2.54. The van der Waals surface area contributed by atoms with Gasteiger partial charge in [-0.3, -0.25) is 9.89 Å². The summed E-state index contributed by atoms with van der Waals surface area (Å²) in [5.41, 5.74) is 0. The minimum absolute atomic E-state index is 0. The molecule has 0 aromatic heterocycles. The molecule has 138 valence electrons. The first kappa shape index (κ1) is 22.9. The SMILES string of the molecule is CCNC(=NCC(C)N(CC)CC)NCCN1CCCCC1.I. The smallest absolute Gasteiger partial charge is 0.191 e. The van der Waals surface area contributed by atoms with Gasteiger partial charge in [0.2, 0.25) is 0 Å². The molecule has 5 nitrogen and oxygen atoms in total. The topological polar surface area (TPSA) is 42.9 Å². The van der Waals surface area contributed by atoms with Crippen molar-refractivity contribution in [2.45, 2.75) is 53.0 Å². The van der Waals surface area contributed by atoms with Crippen LogP contribution in [0.25, 0.3) is 0 Å². The van der Waals surface area contributed by atoms with Gasteiger partial charge in [-0.1, -0.05) is 20.3 Å². The lowest BCUT2D eigenvalue weighted by Crippen LogP contribution is -2.43. The molecule has 6 heteroatoms. The molecule has 1 saturated heterocycles. The number of likely N-dealkylation sites (tertiary alicyclic amines) is 1. The van der Waals surface area contributed by atoms with Crippen LogP contribution in [0, 0.1) is 0 Å². The number of nitrogens with zero attached hydrogens (tertiary/aromatic N) is 3. The first-order valence-electron chi connectivity index (χ1n) is 9.19. The molecular formula is C17H38IN5. The maximum absolute atomic E-state index is 4.75. The molecule has 1 fully saturated rings. The minimum Gasteiger partial charge on any atom is -0.357 e. The van der Waals surface area contributed by atoms with Crippen LogP contribution in [0.15, 0.2) is 4.99 Å². The predicted molar refractivity (Wildman–Crippen MR) is 112 cm³/mol. The van der Waals surface area contributed by atoms with Crippen LogP contribution < -0.4 is 10.6 Å². The molecule has 0 saturated carbocycles. The fourth-order valence-corrected chi connectivity index (χ4v) is 3.04. The Balaban J connectivity index is 0.00000484. The number of guanidine groups is 1. The fourth-order valence-electron chi connectivity index (χ4n) is 3.04. The molecule has 23 heavy (non-hydrogen) atoms. The lowest BCUT2D eigenvalue weighted by Gasteiger charge is -2.27. The zero-order valence-electron chi connectivity index (χ0n) is 15.6. The Morgan fingerprint density at radius 2 is 1.74 bits per heavy atom. The quantitative estimate of drug-likeness (QED) is 0.329. The molecule has 0 aromatic carbocycles. The van der Waals surface area contributed by atoms with E-state index < -0.39 is 0 Å². The van der Waals surface area contributed by atoms with Gasteiger partial charge < -0.3 is 15.5 Å². The van der Waals surface area contributed by atoms with E-state index in [-0.39, 0.29) is 24.0 Å². The number of hydrogen-bond donors (Lipinski definition) is 2. The summed E-state index contributed by atoms with van der Waals surface area (Å²) in [6.45, 7) is 17.4. The van der Waals surface area contributed by atoms with Gasteiger partial charge in [0.25, 0.3) is 0 Å². The van der Waals surface area contributed by atoms with E-state index in [9.17, 15) is 0 Å². The Morgan fingerprint density at radius 3 is 2.30 bits per heavy atom. The Bertz CT molecular complexity index is 301. The molecule has 0 spiro atoms. The lowest BCUT2D eigenvalue weighted by atomic mass is 10.1. The number of piperidine rings is 1. The summed E-state index contributed by atoms with van der Waals surface area (Å²) in [5, 5.41) is 6.83. The molecule has 0 amide bonds. The van der Waals surface area contributed by atoms with Crippen LogP contribution in [0.5, 0.6) is 0 Å². The van der Waals surface area contributed by atoms with Crippen LogP contribution in [0.4, 0.5) is 0 Å². The Labute approximate surface area is 160 Å². The van der Waals surface area contributed by atoms with Crippen LogP contribution in [-0.2, 0) is 0 Å². The van der Waals surface area contributed by atoms with Crippen molar-refractivity contribution in [1.82, 2.24) is 20.4 Å². The third kappa shape index (κ3) is 9.72. The normalized spacial score (nSPS) is 17.7. The second kappa shape index (κ2) is 14.3. The highest BCUT2D eigenvalue weighted by Crippen LogP contribution is 2.07. The molecule has 0 radical (unpaired) electrons. The molecule has 0 aliphatic carbocycles. The van der Waals surface area contributed by atoms with Gasteiger partial charge in [-0.25, -0.2) is 0 Å². The second-order valence-corrected chi connectivity index (χ2v) is 6.12. The lowest BCUT2D eigenvalue weighted by molar-refractivity contribution is 0.231. The number of nitrogens with one attached hydrogen (secondary N) is 2. The minimum atomic E-state index is 0. The van der Waals surface area contributed by atoms with Gasteiger partial charge in [0, 0.05) is 25.7 Å². The summed E-state index contributed by atoms with van der Waals surface area (Å²) in [6, 6.07) is 0.493. The van der Waals surface area contributed by atoms with E-state index in [2.05, 4.69) is 48.1 Å². The standard InChI is InChI=1S/C17H37N5.HI/c1-5-18-17(20-15-16(4)22(6-2)7-3)19-11-14-21-12-9-8-10-13-21;/h16H,5-15H2,1-4H3,(H2,18,19,20);1H. The van der Waals surface area contributed by atoms with Crippen molar-refractivity contribution in [1.29, 1.82) is 0 Å². The third-order valence-corrected chi connectivity index (χ3v) is 4.46. The number of halogens is 1. The van der Waals surface area contributed by atoms with Crippen LogP contribution in [0.2, 0.25) is 0 Å². The van der Waals surface area contributed by atoms with Crippen molar-refractivity contribution in [2.24, 2.45) is 4.99 Å². The fraction of sp³-hybridized carbons (Fsp3) is 0.941. The highest BCUT2D eigenvalue weighted by molar-refractivity contribution is 14.0. The van der Waals surface area contributed by atoms with Gasteiger partial charge in [-0.15, -0.1) is 24.0 Å². The highest BCUT2D eigenvalue weighted by atomic mass is 127. The van der Waals surface area contributed by atoms with Crippen molar-refractivity contribution in [3.8, 4) is 0 Å². The number of hydrogen-bond acceptors (Lipinski definition) is 3. The molecule has 1 aliphatic heterocycles. The van der Waals surface area contributed by atoms with Crippen LogP contribution in [0.3, 0.4) is 0 Å². The molecule has 1 atom stereocenters. The van der Waals surface area contributed by atoms with Crippen molar-refractivity contribution >= 4 is 29.9 Å². The molecule has 1 unspecified atom stereocenters. The summed E-state index contributed by atoms with van der Waals surface area (Å²) in [7, 11) is 0. The largest absolute Gasteiger partial charge is 0.357 e. The molecule has 1 rings (SSSR count). The zero-order chi connectivity index (χ0) is 16.2. The molecule has 1 aliphatic rings. The van der Waals surface area contributed by atoms with E-state index in [1.54, 1.807) is 0 Å². The number of rotatable bonds is 9.